The van der Waals surface area contributed by atoms with Gasteiger partial charge in [0.1, 0.15) is 12.1 Å². The normalized spacial score (nSPS) is 33.7. The van der Waals surface area contributed by atoms with Crippen LogP contribution in [0.5, 0.6) is 0 Å². The molecule has 0 bridgehead atoms. The average Bonchev–Trinajstić information content (AvgIpc) is 2.71. The zero-order valence-electron chi connectivity index (χ0n) is 10.9. The van der Waals surface area contributed by atoms with E-state index in [0.717, 1.165) is 5.56 Å². The van der Waals surface area contributed by atoms with E-state index in [9.17, 15) is 4.79 Å². The molecule has 5 heteroatoms. The zero-order chi connectivity index (χ0) is 13.4. The van der Waals surface area contributed by atoms with Crippen LogP contribution in [0.4, 0.5) is 4.79 Å². The van der Waals surface area contributed by atoms with Gasteiger partial charge in [-0.2, -0.15) is 0 Å². The van der Waals surface area contributed by atoms with E-state index in [-0.39, 0.29) is 24.4 Å². The molecule has 0 unspecified atom stereocenters. The van der Waals surface area contributed by atoms with Crippen molar-refractivity contribution in [1.29, 1.82) is 0 Å². The van der Waals surface area contributed by atoms with Crippen molar-refractivity contribution in [2.75, 3.05) is 0 Å². The largest absolute Gasteiger partial charge is 0.444 e. The summed E-state index contributed by atoms with van der Waals surface area (Å²) in [5.41, 5.74) is 0.977. The summed E-state index contributed by atoms with van der Waals surface area (Å²) in [4.78, 5) is 11.3. The molecule has 2 aliphatic heterocycles. The number of carbonyl (C=O) groups excluding carboxylic acids is 1. The van der Waals surface area contributed by atoms with Crippen LogP contribution in [0.2, 0.25) is 0 Å². The molecule has 1 N–H and O–H groups in total. The molecule has 0 aromatic heterocycles. The maximum absolute atomic E-state index is 11.3. The maximum atomic E-state index is 11.3. The smallest absolute Gasteiger partial charge is 0.408 e. The van der Waals surface area contributed by atoms with Crippen LogP contribution < -0.4 is 5.32 Å². The highest BCUT2D eigenvalue weighted by Crippen LogP contribution is 2.36. The van der Waals surface area contributed by atoms with Gasteiger partial charge in [0.2, 0.25) is 0 Å². The van der Waals surface area contributed by atoms with Crippen molar-refractivity contribution < 1.29 is 19.0 Å². The van der Waals surface area contributed by atoms with E-state index in [1.54, 1.807) is 0 Å². The van der Waals surface area contributed by atoms with Crippen LogP contribution in [0.25, 0.3) is 0 Å². The van der Waals surface area contributed by atoms with Gasteiger partial charge in [0.25, 0.3) is 0 Å². The van der Waals surface area contributed by atoms with E-state index >= 15 is 0 Å². The highest BCUT2D eigenvalue weighted by molar-refractivity contribution is 5.70. The minimum Gasteiger partial charge on any atom is -0.444 e. The van der Waals surface area contributed by atoms with Gasteiger partial charge in [0.05, 0.1) is 0 Å². The van der Waals surface area contributed by atoms with Gasteiger partial charge < -0.3 is 19.5 Å². The molecule has 1 aromatic rings. The van der Waals surface area contributed by atoms with E-state index < -0.39 is 12.4 Å². The maximum Gasteiger partial charge on any atom is 0.408 e. The second-order valence-corrected chi connectivity index (χ2v) is 5.17. The molecule has 1 amide bonds. The van der Waals surface area contributed by atoms with E-state index in [2.05, 4.69) is 5.32 Å². The molecule has 5 nitrogen and oxygen atoms in total. The standard InChI is InChI=1S/C14H17NO4/c1-8(2)11-10(15-14(16)17-11)13-18-12(19-13)9-6-4-3-5-7-9/h3-8,10-13H,1-2H3,(H,15,16)/t10-,11-,12?,13?/m0/s1. The van der Waals surface area contributed by atoms with Crippen molar-refractivity contribution >= 4 is 6.09 Å². The van der Waals surface area contributed by atoms with Gasteiger partial charge in [-0.3, -0.25) is 0 Å². The Balaban J connectivity index is 1.62. The summed E-state index contributed by atoms with van der Waals surface area (Å²) in [5, 5.41) is 2.75. The average molecular weight is 263 g/mol. The molecule has 0 saturated carbocycles. The summed E-state index contributed by atoms with van der Waals surface area (Å²) in [7, 11) is 0. The van der Waals surface area contributed by atoms with Crippen molar-refractivity contribution in [3.05, 3.63) is 35.9 Å². The molecule has 2 saturated heterocycles. The fraction of sp³-hybridized carbons (Fsp3) is 0.500. The molecule has 2 atom stereocenters. The monoisotopic (exact) mass is 263 g/mol. The molecule has 2 heterocycles. The second kappa shape index (κ2) is 4.83. The van der Waals surface area contributed by atoms with Gasteiger partial charge in [-0.05, 0) is 5.92 Å². The Bertz CT molecular complexity index is 456. The summed E-state index contributed by atoms with van der Waals surface area (Å²) < 4.78 is 16.7. The Hall–Kier alpha value is -1.59. The number of alkyl carbamates (subject to hydrolysis) is 1. The van der Waals surface area contributed by atoms with Crippen LogP contribution in [-0.4, -0.2) is 24.5 Å². The van der Waals surface area contributed by atoms with Crippen LogP contribution in [0, 0.1) is 5.92 Å². The Morgan fingerprint density at radius 2 is 1.84 bits per heavy atom. The van der Waals surface area contributed by atoms with Crippen LogP contribution in [0.15, 0.2) is 30.3 Å². The Labute approximate surface area is 111 Å². The summed E-state index contributed by atoms with van der Waals surface area (Å²) in [6, 6.07) is 9.47. The van der Waals surface area contributed by atoms with Crippen molar-refractivity contribution in [3.63, 3.8) is 0 Å². The quantitative estimate of drug-likeness (QED) is 0.908. The molecule has 0 aliphatic carbocycles. The van der Waals surface area contributed by atoms with Crippen LogP contribution in [0.3, 0.4) is 0 Å². The molecular formula is C14H17NO4. The predicted molar refractivity (Wildman–Crippen MR) is 67.2 cm³/mol. The fourth-order valence-corrected chi connectivity index (χ4v) is 2.41. The van der Waals surface area contributed by atoms with Gasteiger partial charge in [-0.1, -0.05) is 44.2 Å². The highest BCUT2D eigenvalue weighted by Gasteiger charge is 2.48. The summed E-state index contributed by atoms with van der Waals surface area (Å²) in [5.74, 6) is 0.215. The SMILES string of the molecule is CC(C)[C@@H]1OC(=O)N[C@@H]1C1OC(c2ccccc2)O1. The molecule has 0 spiro atoms. The fourth-order valence-electron chi connectivity index (χ4n) is 2.41. The lowest BCUT2D eigenvalue weighted by Crippen LogP contribution is -2.53. The molecule has 1 aromatic carbocycles. The molecule has 3 rings (SSSR count). The van der Waals surface area contributed by atoms with Crippen molar-refractivity contribution in [1.82, 2.24) is 5.32 Å². The molecule has 102 valence electrons. The van der Waals surface area contributed by atoms with Gasteiger partial charge in [-0.15, -0.1) is 0 Å². The Morgan fingerprint density at radius 3 is 2.47 bits per heavy atom. The predicted octanol–water partition coefficient (Wildman–Crippen LogP) is 2.19. The number of carbonyl (C=O) groups is 1. The number of rotatable bonds is 3. The summed E-state index contributed by atoms with van der Waals surface area (Å²) in [6.07, 6.45) is -1.41. The van der Waals surface area contributed by atoms with Crippen molar-refractivity contribution in [3.8, 4) is 0 Å². The number of amides is 1. The van der Waals surface area contributed by atoms with Gasteiger partial charge in [-0.25, -0.2) is 4.79 Å². The van der Waals surface area contributed by atoms with Gasteiger partial charge >= 0.3 is 6.09 Å². The molecular weight excluding hydrogens is 246 g/mol. The first-order chi connectivity index (χ1) is 9.15. The Kier molecular flexibility index (Phi) is 3.16. The van der Waals surface area contributed by atoms with E-state index in [1.807, 2.05) is 44.2 Å². The molecule has 2 aliphatic rings. The van der Waals surface area contributed by atoms with Gasteiger partial charge in [0, 0.05) is 5.56 Å². The van der Waals surface area contributed by atoms with Crippen molar-refractivity contribution in [2.24, 2.45) is 5.92 Å². The number of benzene rings is 1. The minimum atomic E-state index is -0.441. The Morgan fingerprint density at radius 1 is 1.16 bits per heavy atom. The lowest BCUT2D eigenvalue weighted by atomic mass is 9.99. The lowest BCUT2D eigenvalue weighted by Gasteiger charge is -2.40. The third-order valence-corrected chi connectivity index (χ3v) is 3.42. The summed E-state index contributed by atoms with van der Waals surface area (Å²) >= 11 is 0. The van der Waals surface area contributed by atoms with Crippen molar-refractivity contribution in [2.45, 2.75) is 38.6 Å². The number of hydrogen-bond acceptors (Lipinski definition) is 4. The number of cyclic esters (lactones) is 1. The topological polar surface area (TPSA) is 56.8 Å². The first-order valence-electron chi connectivity index (χ1n) is 6.48. The minimum absolute atomic E-state index is 0.214. The third kappa shape index (κ3) is 2.31. The summed E-state index contributed by atoms with van der Waals surface area (Å²) in [6.45, 7) is 4.01. The first kappa shape index (κ1) is 12.4. The van der Waals surface area contributed by atoms with Crippen LogP contribution in [0.1, 0.15) is 25.7 Å². The molecule has 2 fully saturated rings. The number of nitrogens with one attached hydrogen (secondary N) is 1. The third-order valence-electron chi connectivity index (χ3n) is 3.42. The first-order valence-corrected chi connectivity index (χ1v) is 6.48. The zero-order valence-corrected chi connectivity index (χ0v) is 10.9. The van der Waals surface area contributed by atoms with Crippen LogP contribution in [-0.2, 0) is 14.2 Å². The van der Waals surface area contributed by atoms with Gasteiger partial charge in [0.15, 0.2) is 12.6 Å². The van der Waals surface area contributed by atoms with Crippen LogP contribution >= 0.6 is 0 Å². The lowest BCUT2D eigenvalue weighted by molar-refractivity contribution is -0.399. The number of hydrogen-bond donors (Lipinski definition) is 1. The molecule has 0 radical (unpaired) electrons. The number of ether oxygens (including phenoxy) is 3. The van der Waals surface area contributed by atoms with E-state index in [0.29, 0.717) is 0 Å². The van der Waals surface area contributed by atoms with E-state index in [4.69, 9.17) is 14.2 Å². The van der Waals surface area contributed by atoms with E-state index in [1.165, 1.54) is 0 Å². The highest BCUT2D eigenvalue weighted by atomic mass is 16.9. The second-order valence-electron chi connectivity index (χ2n) is 5.17. The molecule has 19 heavy (non-hydrogen) atoms.